The number of hydrogen-bond acceptors (Lipinski definition) is 3. The molecule has 1 aliphatic rings. The molecule has 0 unspecified atom stereocenters. The Kier molecular flexibility index (Phi) is 5.47. The number of hydrogen-bond donors (Lipinski definition) is 2. The van der Waals surface area contributed by atoms with E-state index in [9.17, 15) is 9.90 Å². The van der Waals surface area contributed by atoms with Gasteiger partial charge in [0, 0.05) is 6.54 Å². The maximum absolute atomic E-state index is 11.3. The Bertz CT molecular complexity index is 196. The number of unbranched alkanes of at least 4 members (excludes halogenated alkanes) is 1. The van der Waals surface area contributed by atoms with Crippen LogP contribution >= 0.6 is 0 Å². The van der Waals surface area contributed by atoms with E-state index in [0.717, 1.165) is 38.5 Å². The van der Waals surface area contributed by atoms with Crippen molar-refractivity contribution in [3.8, 4) is 0 Å². The van der Waals surface area contributed by atoms with E-state index < -0.39 is 12.2 Å². The van der Waals surface area contributed by atoms with Crippen LogP contribution in [-0.2, 0) is 4.74 Å². The van der Waals surface area contributed by atoms with E-state index in [2.05, 4.69) is 12.2 Å². The average molecular weight is 215 g/mol. The third kappa shape index (κ3) is 4.51. The minimum absolute atomic E-state index is 0.305. The number of aliphatic hydroxyl groups is 1. The summed E-state index contributed by atoms with van der Waals surface area (Å²) in [6.07, 6.45) is 4.41. The minimum atomic E-state index is -0.476. The molecule has 0 heterocycles. The van der Waals surface area contributed by atoms with Gasteiger partial charge in [-0.3, -0.25) is 0 Å². The molecule has 4 nitrogen and oxygen atoms in total. The number of ether oxygens (including phenoxy) is 1. The summed E-state index contributed by atoms with van der Waals surface area (Å²) in [5, 5.41) is 12.3. The number of carbonyl (C=O) groups is 1. The van der Waals surface area contributed by atoms with Gasteiger partial charge >= 0.3 is 6.09 Å². The van der Waals surface area contributed by atoms with Gasteiger partial charge in [-0.05, 0) is 25.7 Å². The Balaban J connectivity index is 2.18. The van der Waals surface area contributed by atoms with Crippen molar-refractivity contribution in [3.05, 3.63) is 0 Å². The molecule has 0 radical (unpaired) electrons. The number of alkyl carbamates (subject to hydrolysis) is 1. The van der Waals surface area contributed by atoms with Crippen molar-refractivity contribution >= 4 is 6.09 Å². The zero-order valence-corrected chi connectivity index (χ0v) is 9.37. The van der Waals surface area contributed by atoms with E-state index in [4.69, 9.17) is 4.74 Å². The van der Waals surface area contributed by atoms with E-state index in [1.165, 1.54) is 0 Å². The van der Waals surface area contributed by atoms with Crippen molar-refractivity contribution in [2.45, 2.75) is 57.7 Å². The predicted molar refractivity (Wildman–Crippen MR) is 57.7 cm³/mol. The molecule has 1 amide bonds. The highest BCUT2D eigenvalue weighted by molar-refractivity contribution is 5.67. The van der Waals surface area contributed by atoms with Crippen LogP contribution in [0.25, 0.3) is 0 Å². The highest BCUT2D eigenvalue weighted by Crippen LogP contribution is 2.20. The summed E-state index contributed by atoms with van der Waals surface area (Å²) in [7, 11) is 0. The van der Waals surface area contributed by atoms with E-state index in [0.29, 0.717) is 6.54 Å². The summed E-state index contributed by atoms with van der Waals surface area (Å²) in [4.78, 5) is 11.3. The molecule has 88 valence electrons. The molecule has 1 rings (SSSR count). The van der Waals surface area contributed by atoms with Crippen molar-refractivity contribution in [2.75, 3.05) is 6.54 Å². The Labute approximate surface area is 91.0 Å². The predicted octanol–water partition coefficient (Wildman–Crippen LogP) is 1.82. The zero-order valence-electron chi connectivity index (χ0n) is 9.37. The molecule has 0 aromatic rings. The summed E-state index contributed by atoms with van der Waals surface area (Å²) in [6, 6.07) is 0. The second-order valence-corrected chi connectivity index (χ2v) is 4.08. The molecule has 0 aliphatic heterocycles. The summed E-state index contributed by atoms with van der Waals surface area (Å²) < 4.78 is 5.15. The molecule has 0 spiro atoms. The third-order valence-corrected chi connectivity index (χ3v) is 2.73. The quantitative estimate of drug-likeness (QED) is 0.703. The highest BCUT2D eigenvalue weighted by Gasteiger charge is 2.26. The molecule has 1 aliphatic carbocycles. The van der Waals surface area contributed by atoms with Gasteiger partial charge in [0.1, 0.15) is 6.10 Å². The molecule has 1 fully saturated rings. The molecule has 0 bridgehead atoms. The van der Waals surface area contributed by atoms with Gasteiger partial charge in [-0.2, -0.15) is 0 Å². The smallest absolute Gasteiger partial charge is 0.407 e. The lowest BCUT2D eigenvalue weighted by Gasteiger charge is -2.27. The summed E-state index contributed by atoms with van der Waals surface area (Å²) in [6.45, 7) is 2.72. The molecule has 0 saturated heterocycles. The Morgan fingerprint density at radius 3 is 2.87 bits per heavy atom. The van der Waals surface area contributed by atoms with Crippen molar-refractivity contribution in [3.63, 3.8) is 0 Å². The van der Waals surface area contributed by atoms with E-state index in [1.54, 1.807) is 0 Å². The first-order valence-corrected chi connectivity index (χ1v) is 5.86. The van der Waals surface area contributed by atoms with Crippen LogP contribution in [-0.4, -0.2) is 30.0 Å². The number of amides is 1. The van der Waals surface area contributed by atoms with Gasteiger partial charge in [0.15, 0.2) is 0 Å². The van der Waals surface area contributed by atoms with Crippen LogP contribution in [0.1, 0.15) is 45.4 Å². The Morgan fingerprint density at radius 2 is 2.20 bits per heavy atom. The fraction of sp³-hybridized carbons (Fsp3) is 0.909. The van der Waals surface area contributed by atoms with Gasteiger partial charge in [0.25, 0.3) is 0 Å². The number of aliphatic hydroxyl groups excluding tert-OH is 1. The monoisotopic (exact) mass is 215 g/mol. The van der Waals surface area contributed by atoms with Crippen LogP contribution in [0, 0.1) is 0 Å². The van der Waals surface area contributed by atoms with Crippen LogP contribution in [0.2, 0.25) is 0 Å². The van der Waals surface area contributed by atoms with E-state index in [-0.39, 0.29) is 6.10 Å². The molecule has 1 saturated carbocycles. The second-order valence-electron chi connectivity index (χ2n) is 4.08. The average Bonchev–Trinajstić information content (AvgIpc) is 2.22. The Hall–Kier alpha value is -0.770. The highest BCUT2D eigenvalue weighted by atomic mass is 16.6. The summed E-state index contributed by atoms with van der Waals surface area (Å²) >= 11 is 0. The zero-order chi connectivity index (χ0) is 11.1. The van der Waals surface area contributed by atoms with Gasteiger partial charge in [-0.1, -0.05) is 19.8 Å². The molecular formula is C11H21NO3. The first-order valence-electron chi connectivity index (χ1n) is 5.86. The lowest BCUT2D eigenvalue weighted by molar-refractivity contribution is -0.0211. The third-order valence-electron chi connectivity index (χ3n) is 2.73. The van der Waals surface area contributed by atoms with Crippen LogP contribution in [0.15, 0.2) is 0 Å². The first-order chi connectivity index (χ1) is 7.24. The standard InChI is InChI=1S/C11H21NO3/c1-2-3-8-12-11(14)15-10-7-5-4-6-9(10)13/h9-10,13H,2-8H2,1H3,(H,12,14)/t9-,10+/m0/s1. The molecule has 4 heteroatoms. The van der Waals surface area contributed by atoms with Crippen LogP contribution in [0.5, 0.6) is 0 Å². The topological polar surface area (TPSA) is 58.6 Å². The van der Waals surface area contributed by atoms with Gasteiger partial charge in [-0.25, -0.2) is 4.79 Å². The SMILES string of the molecule is CCCCNC(=O)O[C@@H]1CCCC[C@@H]1O. The lowest BCUT2D eigenvalue weighted by atomic mass is 9.95. The summed E-state index contributed by atoms with van der Waals surface area (Å²) in [5.74, 6) is 0. The molecule has 0 aromatic heterocycles. The first kappa shape index (κ1) is 12.3. The van der Waals surface area contributed by atoms with Crippen molar-refractivity contribution in [2.24, 2.45) is 0 Å². The Morgan fingerprint density at radius 1 is 1.47 bits per heavy atom. The minimum Gasteiger partial charge on any atom is -0.443 e. The number of carbonyl (C=O) groups excluding carboxylic acids is 1. The molecule has 15 heavy (non-hydrogen) atoms. The van der Waals surface area contributed by atoms with Crippen molar-refractivity contribution in [1.29, 1.82) is 0 Å². The van der Waals surface area contributed by atoms with E-state index in [1.807, 2.05) is 0 Å². The van der Waals surface area contributed by atoms with Crippen LogP contribution < -0.4 is 5.32 Å². The van der Waals surface area contributed by atoms with Gasteiger partial charge in [0.05, 0.1) is 6.10 Å². The van der Waals surface area contributed by atoms with E-state index >= 15 is 0 Å². The number of nitrogens with one attached hydrogen (secondary N) is 1. The van der Waals surface area contributed by atoms with Crippen molar-refractivity contribution < 1.29 is 14.6 Å². The van der Waals surface area contributed by atoms with Gasteiger partial charge < -0.3 is 15.2 Å². The van der Waals surface area contributed by atoms with Crippen LogP contribution in [0.4, 0.5) is 4.79 Å². The van der Waals surface area contributed by atoms with Crippen LogP contribution in [0.3, 0.4) is 0 Å². The molecular weight excluding hydrogens is 194 g/mol. The largest absolute Gasteiger partial charge is 0.443 e. The van der Waals surface area contributed by atoms with Gasteiger partial charge in [-0.15, -0.1) is 0 Å². The lowest BCUT2D eigenvalue weighted by Crippen LogP contribution is -2.38. The second kappa shape index (κ2) is 6.67. The fourth-order valence-electron chi connectivity index (χ4n) is 1.76. The van der Waals surface area contributed by atoms with Gasteiger partial charge in [0.2, 0.25) is 0 Å². The maximum Gasteiger partial charge on any atom is 0.407 e. The fourth-order valence-corrected chi connectivity index (χ4v) is 1.76. The molecule has 2 atom stereocenters. The van der Waals surface area contributed by atoms with Crippen molar-refractivity contribution in [1.82, 2.24) is 5.32 Å². The normalized spacial score (nSPS) is 26.0. The molecule has 2 N–H and O–H groups in total. The number of rotatable bonds is 4. The molecule has 0 aromatic carbocycles. The maximum atomic E-state index is 11.3. The summed E-state index contributed by atoms with van der Waals surface area (Å²) in [5.41, 5.74) is 0.